The molecule has 1 unspecified atom stereocenters. The van der Waals surface area contributed by atoms with Crippen LogP contribution >= 0.6 is 0 Å². The minimum Gasteiger partial charge on any atom is -0.370 e. The van der Waals surface area contributed by atoms with Crippen molar-refractivity contribution in [1.29, 1.82) is 0 Å². The Bertz CT molecular complexity index is 302. The Morgan fingerprint density at radius 2 is 1.80 bits per heavy atom. The molecule has 2 aliphatic rings. The average Bonchev–Trinajstić information content (AvgIpc) is 2.93. The van der Waals surface area contributed by atoms with Crippen LogP contribution in [0.15, 0.2) is 4.99 Å². The zero-order valence-electron chi connectivity index (χ0n) is 13.3. The minimum absolute atomic E-state index is 0.546. The molecule has 20 heavy (non-hydrogen) atoms. The Morgan fingerprint density at radius 3 is 2.40 bits per heavy atom. The summed E-state index contributed by atoms with van der Waals surface area (Å²) in [5.74, 6) is 1.29. The summed E-state index contributed by atoms with van der Waals surface area (Å²) in [7, 11) is 0. The monoisotopic (exact) mass is 280 g/mol. The first-order valence-corrected chi connectivity index (χ1v) is 8.47. The van der Waals surface area contributed by atoms with Crippen molar-refractivity contribution in [3.05, 3.63) is 0 Å². The lowest BCUT2D eigenvalue weighted by molar-refractivity contribution is 0.197. The fourth-order valence-electron chi connectivity index (χ4n) is 3.51. The maximum atomic E-state index is 6.07. The fourth-order valence-corrected chi connectivity index (χ4v) is 3.51. The van der Waals surface area contributed by atoms with Crippen LogP contribution in [0.3, 0.4) is 0 Å². The highest BCUT2D eigenvalue weighted by atomic mass is 15.2. The van der Waals surface area contributed by atoms with Crippen molar-refractivity contribution in [1.82, 2.24) is 10.2 Å². The molecule has 4 heteroatoms. The van der Waals surface area contributed by atoms with Crippen molar-refractivity contribution in [3.63, 3.8) is 0 Å². The summed E-state index contributed by atoms with van der Waals surface area (Å²) >= 11 is 0. The third kappa shape index (κ3) is 4.65. The number of likely N-dealkylation sites (tertiary alicyclic amines) is 1. The lowest BCUT2D eigenvalue weighted by Gasteiger charge is -2.30. The van der Waals surface area contributed by atoms with Crippen LogP contribution in [0, 0.1) is 5.92 Å². The number of guanidine groups is 1. The first-order valence-electron chi connectivity index (χ1n) is 8.47. The molecule has 0 amide bonds. The normalized spacial score (nSPS) is 24.2. The van der Waals surface area contributed by atoms with Gasteiger partial charge in [0.1, 0.15) is 0 Å². The van der Waals surface area contributed by atoms with Crippen molar-refractivity contribution < 1.29 is 0 Å². The van der Waals surface area contributed by atoms with E-state index in [-0.39, 0.29) is 0 Å². The second-order valence-corrected chi connectivity index (χ2v) is 6.76. The van der Waals surface area contributed by atoms with Gasteiger partial charge in [-0.1, -0.05) is 33.1 Å². The summed E-state index contributed by atoms with van der Waals surface area (Å²) in [6.45, 7) is 7.89. The molecule has 4 nitrogen and oxygen atoms in total. The van der Waals surface area contributed by atoms with Crippen LogP contribution in [0.4, 0.5) is 0 Å². The van der Waals surface area contributed by atoms with E-state index >= 15 is 0 Å². The van der Waals surface area contributed by atoms with Gasteiger partial charge in [0.25, 0.3) is 0 Å². The molecule has 1 atom stereocenters. The van der Waals surface area contributed by atoms with Crippen LogP contribution in [-0.2, 0) is 0 Å². The molecule has 3 N–H and O–H groups in total. The average molecular weight is 280 g/mol. The van der Waals surface area contributed by atoms with E-state index < -0.39 is 0 Å². The van der Waals surface area contributed by atoms with Crippen molar-refractivity contribution in [2.24, 2.45) is 16.6 Å². The second kappa shape index (κ2) is 7.87. The molecule has 1 aliphatic carbocycles. The van der Waals surface area contributed by atoms with Gasteiger partial charge < -0.3 is 11.1 Å². The van der Waals surface area contributed by atoms with Gasteiger partial charge in [0.05, 0.1) is 6.54 Å². The minimum atomic E-state index is 0.546. The first-order chi connectivity index (χ1) is 9.66. The molecule has 0 aromatic carbocycles. The van der Waals surface area contributed by atoms with Crippen LogP contribution < -0.4 is 11.1 Å². The van der Waals surface area contributed by atoms with Crippen LogP contribution in [0.25, 0.3) is 0 Å². The molecule has 2 rings (SSSR count). The largest absolute Gasteiger partial charge is 0.370 e. The lowest BCUT2D eigenvalue weighted by atomic mass is 9.96. The van der Waals surface area contributed by atoms with Gasteiger partial charge in [-0.25, -0.2) is 0 Å². The summed E-state index contributed by atoms with van der Waals surface area (Å²) < 4.78 is 0. The van der Waals surface area contributed by atoms with Crippen LogP contribution in [0.5, 0.6) is 0 Å². The molecule has 0 aromatic heterocycles. The van der Waals surface area contributed by atoms with E-state index in [1.54, 1.807) is 0 Å². The summed E-state index contributed by atoms with van der Waals surface area (Å²) in [6.07, 6.45) is 9.19. The van der Waals surface area contributed by atoms with E-state index in [1.165, 1.54) is 58.0 Å². The molecule has 0 bridgehead atoms. The van der Waals surface area contributed by atoms with Gasteiger partial charge in [0, 0.05) is 12.1 Å². The molecule has 0 aromatic rings. The Balaban J connectivity index is 1.81. The SMILES string of the molecule is CC(C)C(CN=C(N)NC1CCCCC1)N1CCCC1. The van der Waals surface area contributed by atoms with Gasteiger partial charge in [0.2, 0.25) is 0 Å². The standard InChI is InChI=1S/C16H32N4/c1-13(2)15(20-10-6-7-11-20)12-18-16(17)19-14-8-4-3-5-9-14/h13-15H,3-12H2,1-2H3,(H3,17,18,19). The van der Waals surface area contributed by atoms with Crippen molar-refractivity contribution in [2.45, 2.75) is 70.9 Å². The quantitative estimate of drug-likeness (QED) is 0.600. The van der Waals surface area contributed by atoms with Gasteiger partial charge >= 0.3 is 0 Å². The Morgan fingerprint density at radius 1 is 1.15 bits per heavy atom. The van der Waals surface area contributed by atoms with Crippen LogP contribution in [0.2, 0.25) is 0 Å². The third-order valence-electron chi connectivity index (χ3n) is 4.79. The van der Waals surface area contributed by atoms with Gasteiger partial charge in [-0.2, -0.15) is 0 Å². The predicted molar refractivity (Wildman–Crippen MR) is 85.9 cm³/mol. The lowest BCUT2D eigenvalue weighted by Crippen LogP contribution is -2.43. The zero-order valence-corrected chi connectivity index (χ0v) is 13.3. The molecule has 1 aliphatic heterocycles. The second-order valence-electron chi connectivity index (χ2n) is 6.76. The molecule has 2 fully saturated rings. The van der Waals surface area contributed by atoms with E-state index in [1.807, 2.05) is 0 Å². The number of nitrogens with zero attached hydrogens (tertiary/aromatic N) is 2. The number of aliphatic imine (C=N–C) groups is 1. The van der Waals surface area contributed by atoms with E-state index in [0.717, 1.165) is 6.54 Å². The van der Waals surface area contributed by atoms with Gasteiger partial charge in [0.15, 0.2) is 5.96 Å². The highest BCUT2D eigenvalue weighted by Gasteiger charge is 2.24. The van der Waals surface area contributed by atoms with Gasteiger partial charge in [-0.15, -0.1) is 0 Å². The number of rotatable bonds is 5. The Labute approximate surface area is 124 Å². The predicted octanol–water partition coefficient (Wildman–Crippen LogP) is 2.34. The highest BCUT2D eigenvalue weighted by molar-refractivity contribution is 5.78. The van der Waals surface area contributed by atoms with Crippen molar-refractivity contribution in [2.75, 3.05) is 19.6 Å². The van der Waals surface area contributed by atoms with E-state index in [0.29, 0.717) is 24.0 Å². The number of hydrogen-bond acceptors (Lipinski definition) is 2. The first kappa shape index (κ1) is 15.6. The van der Waals surface area contributed by atoms with Crippen LogP contribution in [0.1, 0.15) is 58.8 Å². The highest BCUT2D eigenvalue weighted by Crippen LogP contribution is 2.19. The van der Waals surface area contributed by atoms with Crippen molar-refractivity contribution >= 4 is 5.96 Å². The number of hydrogen-bond donors (Lipinski definition) is 2. The van der Waals surface area contributed by atoms with Gasteiger partial charge in [-0.3, -0.25) is 9.89 Å². The zero-order chi connectivity index (χ0) is 14.4. The molecule has 0 spiro atoms. The van der Waals surface area contributed by atoms with E-state index in [4.69, 9.17) is 5.73 Å². The summed E-state index contributed by atoms with van der Waals surface area (Å²) in [6, 6.07) is 1.10. The van der Waals surface area contributed by atoms with E-state index in [2.05, 4.69) is 29.1 Å². The Hall–Kier alpha value is -0.770. The molecule has 1 heterocycles. The molecular formula is C16H32N4. The molecule has 1 saturated heterocycles. The molecule has 1 saturated carbocycles. The van der Waals surface area contributed by atoms with Crippen molar-refractivity contribution in [3.8, 4) is 0 Å². The summed E-state index contributed by atoms with van der Waals surface area (Å²) in [4.78, 5) is 7.21. The molecular weight excluding hydrogens is 248 g/mol. The maximum Gasteiger partial charge on any atom is 0.188 e. The third-order valence-corrected chi connectivity index (χ3v) is 4.79. The van der Waals surface area contributed by atoms with Gasteiger partial charge in [-0.05, 0) is 44.7 Å². The Kier molecular flexibility index (Phi) is 6.14. The number of nitrogens with two attached hydrogens (primary N) is 1. The number of nitrogens with one attached hydrogen (secondary N) is 1. The van der Waals surface area contributed by atoms with E-state index in [9.17, 15) is 0 Å². The van der Waals surface area contributed by atoms with Crippen LogP contribution in [-0.4, -0.2) is 42.6 Å². The summed E-state index contributed by atoms with van der Waals surface area (Å²) in [5, 5.41) is 3.41. The topological polar surface area (TPSA) is 53.6 Å². The fraction of sp³-hybridized carbons (Fsp3) is 0.938. The maximum absolute atomic E-state index is 6.07. The molecule has 116 valence electrons. The summed E-state index contributed by atoms with van der Waals surface area (Å²) in [5.41, 5.74) is 6.07. The molecule has 0 radical (unpaired) electrons. The smallest absolute Gasteiger partial charge is 0.188 e.